The second kappa shape index (κ2) is 5.86. The smallest absolute Gasteiger partial charge is 0.183 e. The van der Waals surface area contributed by atoms with E-state index in [0.717, 1.165) is 44.0 Å². The van der Waals surface area contributed by atoms with Gasteiger partial charge in [-0.3, -0.25) is 9.58 Å². The Balaban J connectivity index is 1.62. The molecule has 126 valence electrons. The number of rotatable bonds is 4. The number of imidazole rings is 1. The summed E-state index contributed by atoms with van der Waals surface area (Å²) in [5.74, 6) is 1.24. The number of likely N-dealkylation sites (tertiary alicyclic amines) is 1. The number of fused-ring (bicyclic) bond motifs is 1. The molecule has 3 aromatic heterocycles. The van der Waals surface area contributed by atoms with Crippen LogP contribution in [0.1, 0.15) is 42.9 Å². The largest absolute Gasteiger partial charge is 0.382 e. The number of nitrogen functional groups attached to an aromatic ring is 1. The molecular weight excluding hydrogens is 304 g/mol. The number of aryl methyl sites for hydroxylation is 2. The van der Waals surface area contributed by atoms with Crippen molar-refractivity contribution in [2.24, 2.45) is 0 Å². The fourth-order valence-electron chi connectivity index (χ4n) is 3.43. The van der Waals surface area contributed by atoms with Gasteiger partial charge in [0.1, 0.15) is 5.52 Å². The van der Waals surface area contributed by atoms with Crippen LogP contribution in [0.15, 0.2) is 12.5 Å². The lowest BCUT2D eigenvalue weighted by Crippen LogP contribution is -2.24. The molecule has 1 aliphatic heterocycles. The molecule has 1 atom stereocenters. The summed E-state index contributed by atoms with van der Waals surface area (Å²) in [4.78, 5) is 18.8. The fourth-order valence-corrected chi connectivity index (χ4v) is 3.43. The van der Waals surface area contributed by atoms with Gasteiger partial charge in [-0.25, -0.2) is 15.0 Å². The summed E-state index contributed by atoms with van der Waals surface area (Å²) in [6.07, 6.45) is 5.91. The Morgan fingerprint density at radius 3 is 3.04 bits per heavy atom. The van der Waals surface area contributed by atoms with E-state index in [-0.39, 0.29) is 6.04 Å². The molecule has 4 heterocycles. The first kappa shape index (κ1) is 15.1. The van der Waals surface area contributed by atoms with Crippen LogP contribution in [0.3, 0.4) is 0 Å². The van der Waals surface area contributed by atoms with E-state index in [4.69, 9.17) is 5.73 Å². The third kappa shape index (κ3) is 2.52. The molecule has 4 rings (SSSR count). The number of hydrogen-bond acceptors (Lipinski definition) is 6. The minimum absolute atomic E-state index is 0.178. The summed E-state index contributed by atoms with van der Waals surface area (Å²) in [5.41, 5.74) is 9.76. The first-order valence-corrected chi connectivity index (χ1v) is 8.39. The van der Waals surface area contributed by atoms with Gasteiger partial charge in [-0.15, -0.1) is 0 Å². The van der Waals surface area contributed by atoms with Gasteiger partial charge in [0.2, 0.25) is 0 Å². The van der Waals surface area contributed by atoms with Gasteiger partial charge in [0.25, 0.3) is 0 Å². The third-order valence-corrected chi connectivity index (χ3v) is 4.74. The van der Waals surface area contributed by atoms with Crippen LogP contribution < -0.4 is 5.73 Å². The van der Waals surface area contributed by atoms with E-state index < -0.39 is 0 Å². The second-order valence-electron chi connectivity index (χ2n) is 6.29. The molecular formula is C16H22N8. The van der Waals surface area contributed by atoms with Crippen LogP contribution in [-0.2, 0) is 13.1 Å². The predicted octanol–water partition coefficient (Wildman–Crippen LogP) is 1.80. The lowest BCUT2D eigenvalue weighted by molar-refractivity contribution is 0.240. The van der Waals surface area contributed by atoms with E-state index in [9.17, 15) is 0 Å². The average Bonchev–Trinajstić information content (AvgIpc) is 3.28. The van der Waals surface area contributed by atoms with Gasteiger partial charge in [-0.2, -0.15) is 5.10 Å². The van der Waals surface area contributed by atoms with E-state index in [2.05, 4.69) is 50.0 Å². The van der Waals surface area contributed by atoms with Crippen LogP contribution in [0, 0.1) is 6.92 Å². The maximum atomic E-state index is 6.06. The molecule has 0 saturated carbocycles. The summed E-state index contributed by atoms with van der Waals surface area (Å²) < 4.78 is 1.99. The standard InChI is InChI=1S/C16H22N8/c1-3-24-8-11(10(2)22-24)7-23-6-4-5-12(23)15-20-14(17)13-16(21-15)19-9-18-13/h8-9,12H,3-7H2,1-2H3,(H3,17,18,19,20,21). The molecule has 8 nitrogen and oxygen atoms in total. The third-order valence-electron chi connectivity index (χ3n) is 4.74. The van der Waals surface area contributed by atoms with Crippen LogP contribution >= 0.6 is 0 Å². The van der Waals surface area contributed by atoms with Gasteiger partial charge < -0.3 is 10.7 Å². The number of aromatic nitrogens is 6. The molecule has 3 N–H and O–H groups in total. The van der Waals surface area contributed by atoms with Crippen molar-refractivity contribution in [2.45, 2.75) is 45.8 Å². The Morgan fingerprint density at radius 2 is 2.25 bits per heavy atom. The van der Waals surface area contributed by atoms with Crippen molar-refractivity contribution in [2.75, 3.05) is 12.3 Å². The van der Waals surface area contributed by atoms with Gasteiger partial charge in [0.15, 0.2) is 17.3 Å². The van der Waals surface area contributed by atoms with E-state index in [0.29, 0.717) is 17.0 Å². The molecule has 3 aromatic rings. The number of anilines is 1. The number of H-pyrrole nitrogens is 1. The van der Waals surface area contributed by atoms with Crippen LogP contribution in [0.5, 0.6) is 0 Å². The molecule has 1 fully saturated rings. The zero-order valence-corrected chi connectivity index (χ0v) is 14.0. The number of aromatic amines is 1. The number of nitrogens with one attached hydrogen (secondary N) is 1. The monoisotopic (exact) mass is 326 g/mol. The van der Waals surface area contributed by atoms with E-state index in [1.165, 1.54) is 5.56 Å². The molecule has 0 spiro atoms. The molecule has 1 unspecified atom stereocenters. The highest BCUT2D eigenvalue weighted by Gasteiger charge is 2.30. The van der Waals surface area contributed by atoms with Crippen LogP contribution in [0.25, 0.3) is 11.2 Å². The summed E-state index contributed by atoms with van der Waals surface area (Å²) in [7, 11) is 0. The first-order valence-electron chi connectivity index (χ1n) is 8.39. The lowest BCUT2D eigenvalue weighted by Gasteiger charge is -2.23. The second-order valence-corrected chi connectivity index (χ2v) is 6.29. The maximum absolute atomic E-state index is 6.06. The zero-order chi connectivity index (χ0) is 16.7. The molecule has 0 radical (unpaired) electrons. The molecule has 0 bridgehead atoms. The van der Waals surface area contributed by atoms with Crippen molar-refractivity contribution < 1.29 is 0 Å². The summed E-state index contributed by atoms with van der Waals surface area (Å²) in [6.45, 7) is 6.95. The van der Waals surface area contributed by atoms with Crippen molar-refractivity contribution in [3.63, 3.8) is 0 Å². The highest BCUT2D eigenvalue weighted by molar-refractivity contribution is 5.80. The van der Waals surface area contributed by atoms with Crippen molar-refractivity contribution >= 4 is 17.0 Å². The molecule has 24 heavy (non-hydrogen) atoms. The predicted molar refractivity (Wildman–Crippen MR) is 91.1 cm³/mol. The van der Waals surface area contributed by atoms with Gasteiger partial charge in [0.05, 0.1) is 18.1 Å². The number of nitrogens with two attached hydrogens (primary N) is 1. The summed E-state index contributed by atoms with van der Waals surface area (Å²) in [5, 5.41) is 4.54. The van der Waals surface area contributed by atoms with E-state index in [1.54, 1.807) is 6.33 Å². The van der Waals surface area contributed by atoms with Gasteiger partial charge in [0, 0.05) is 24.8 Å². The van der Waals surface area contributed by atoms with Crippen LogP contribution in [0.2, 0.25) is 0 Å². The first-order chi connectivity index (χ1) is 11.7. The quantitative estimate of drug-likeness (QED) is 0.758. The molecule has 8 heteroatoms. The Labute approximate surface area is 140 Å². The van der Waals surface area contributed by atoms with Gasteiger partial charge in [-0.05, 0) is 33.2 Å². The van der Waals surface area contributed by atoms with Gasteiger partial charge >= 0.3 is 0 Å². The zero-order valence-electron chi connectivity index (χ0n) is 14.0. The molecule has 0 aliphatic carbocycles. The minimum atomic E-state index is 0.178. The SMILES string of the molecule is CCn1cc(CN2CCCC2c2nc(N)c3[nH]cnc3n2)c(C)n1. The van der Waals surface area contributed by atoms with E-state index >= 15 is 0 Å². The summed E-state index contributed by atoms with van der Waals surface area (Å²) in [6, 6.07) is 0.178. The van der Waals surface area contributed by atoms with Crippen molar-refractivity contribution in [1.82, 2.24) is 34.6 Å². The normalized spacial score (nSPS) is 18.7. The van der Waals surface area contributed by atoms with Crippen LogP contribution in [0.4, 0.5) is 5.82 Å². The number of hydrogen-bond donors (Lipinski definition) is 2. The molecule has 0 aromatic carbocycles. The van der Waals surface area contributed by atoms with Crippen molar-refractivity contribution in [1.29, 1.82) is 0 Å². The Bertz CT molecular complexity index is 864. The van der Waals surface area contributed by atoms with E-state index in [1.807, 2.05) is 4.68 Å². The van der Waals surface area contributed by atoms with Crippen LogP contribution in [-0.4, -0.2) is 41.2 Å². The topological polar surface area (TPSA) is 102 Å². The van der Waals surface area contributed by atoms with Gasteiger partial charge in [-0.1, -0.05) is 0 Å². The molecule has 1 aliphatic rings. The highest BCUT2D eigenvalue weighted by atomic mass is 15.3. The summed E-state index contributed by atoms with van der Waals surface area (Å²) >= 11 is 0. The Kier molecular flexibility index (Phi) is 3.68. The number of nitrogens with zero attached hydrogens (tertiary/aromatic N) is 6. The average molecular weight is 326 g/mol. The van der Waals surface area contributed by atoms with Crippen molar-refractivity contribution in [3.05, 3.63) is 29.6 Å². The minimum Gasteiger partial charge on any atom is -0.382 e. The lowest BCUT2D eigenvalue weighted by atomic mass is 10.2. The molecule has 0 amide bonds. The highest BCUT2D eigenvalue weighted by Crippen LogP contribution is 2.32. The maximum Gasteiger partial charge on any atom is 0.183 e. The Hall–Kier alpha value is -2.48. The molecule has 1 saturated heterocycles. The van der Waals surface area contributed by atoms with Crippen molar-refractivity contribution in [3.8, 4) is 0 Å². The Morgan fingerprint density at radius 1 is 1.38 bits per heavy atom. The fraction of sp³-hybridized carbons (Fsp3) is 0.500.